The van der Waals surface area contributed by atoms with Crippen LogP contribution >= 0.6 is 17.5 Å². The molecule has 0 aromatic rings. The average Bonchev–Trinajstić information content (AvgIpc) is 2.14. The minimum absolute atomic E-state index is 0. The van der Waals surface area contributed by atoms with E-state index in [9.17, 15) is 0 Å². The summed E-state index contributed by atoms with van der Waals surface area (Å²) in [7, 11) is 4.16. The van der Waals surface area contributed by atoms with E-state index >= 15 is 0 Å². The van der Waals surface area contributed by atoms with Crippen molar-refractivity contribution in [1.82, 2.24) is 0 Å². The van der Waals surface area contributed by atoms with Gasteiger partial charge >= 0.3 is 27.7 Å². The zero-order chi connectivity index (χ0) is 16.5. The molecule has 0 aliphatic carbocycles. The zero-order valence-electron chi connectivity index (χ0n) is 16.1. The molecular formula is C18H45ClPPd+. The number of rotatable bonds is 1. The van der Waals surface area contributed by atoms with Crippen molar-refractivity contribution in [1.29, 1.82) is 0 Å². The van der Waals surface area contributed by atoms with Crippen LogP contribution in [-0.2, 0) is 18.2 Å². The molecule has 0 heterocycles. The first-order valence-corrected chi connectivity index (χ1v) is 10.9. The summed E-state index contributed by atoms with van der Waals surface area (Å²) in [4.78, 5) is 0. The van der Waals surface area contributed by atoms with Crippen molar-refractivity contribution in [2.24, 2.45) is 5.41 Å². The third kappa shape index (κ3) is 23.8. The molecule has 0 N–H and O–H groups in total. The molecule has 3 heteroatoms. The van der Waals surface area contributed by atoms with Crippen LogP contribution < -0.4 is 0 Å². The average molecular weight is 434 g/mol. The molecule has 0 aromatic carbocycles. The fourth-order valence-electron chi connectivity index (χ4n) is 2.19. The van der Waals surface area contributed by atoms with Gasteiger partial charge in [0.05, 0.1) is 16.5 Å². The van der Waals surface area contributed by atoms with Crippen LogP contribution in [0.25, 0.3) is 0 Å². The van der Waals surface area contributed by atoms with Crippen LogP contribution in [0.4, 0.5) is 0 Å². The van der Waals surface area contributed by atoms with Gasteiger partial charge in [0.1, 0.15) is 0 Å². The van der Waals surface area contributed by atoms with E-state index in [0.29, 0.717) is 15.7 Å². The monoisotopic (exact) mass is 433 g/mol. The van der Waals surface area contributed by atoms with Gasteiger partial charge in [-0.2, -0.15) is 0 Å². The topological polar surface area (TPSA) is 0 Å². The van der Waals surface area contributed by atoms with Crippen LogP contribution in [0.15, 0.2) is 0 Å². The molecule has 0 amide bonds. The van der Waals surface area contributed by atoms with E-state index in [0.717, 1.165) is 0 Å². The van der Waals surface area contributed by atoms with Gasteiger partial charge < -0.3 is 7.43 Å². The van der Waals surface area contributed by atoms with Crippen LogP contribution in [0, 0.1) is 12.8 Å². The van der Waals surface area contributed by atoms with E-state index in [1.165, 1.54) is 12.6 Å². The summed E-state index contributed by atoms with van der Waals surface area (Å²) in [5.41, 5.74) is 0.481. The first-order valence-electron chi connectivity index (χ1n) is 7.24. The maximum absolute atomic E-state index is 4.49. The second-order valence-corrected chi connectivity index (χ2v) is 12.7. The summed E-state index contributed by atoms with van der Waals surface area (Å²) in [5, 5.41) is 1.02. The Labute approximate surface area is 154 Å². The Balaban J connectivity index is -0.000000108. The quantitative estimate of drug-likeness (QED) is 0.223. The van der Waals surface area contributed by atoms with Crippen molar-refractivity contribution >= 4 is 17.5 Å². The molecule has 0 aromatic heterocycles. The van der Waals surface area contributed by atoms with Gasteiger partial charge in [0.2, 0.25) is 0 Å². The first-order chi connectivity index (χ1) is 8.25. The molecule has 0 spiro atoms. The predicted octanol–water partition coefficient (Wildman–Crippen LogP) is 8.03. The molecule has 0 unspecified atom stereocenters. The molecular weight excluding hydrogens is 389 g/mol. The van der Waals surface area contributed by atoms with Crippen molar-refractivity contribution < 1.29 is 18.2 Å². The van der Waals surface area contributed by atoms with Crippen molar-refractivity contribution in [3.05, 3.63) is 7.43 Å². The van der Waals surface area contributed by atoms with E-state index in [1.807, 2.05) is 0 Å². The molecule has 0 aliphatic rings. The minimum atomic E-state index is -0.333. The predicted molar refractivity (Wildman–Crippen MR) is 107 cm³/mol. The molecule has 0 radical (unpaired) electrons. The Morgan fingerprint density at radius 3 is 1.00 bits per heavy atom. The maximum atomic E-state index is 4.49. The molecule has 0 aliphatic heterocycles. The van der Waals surface area contributed by atoms with Gasteiger partial charge in [0.25, 0.3) is 0 Å². The van der Waals surface area contributed by atoms with E-state index in [2.05, 4.69) is 104 Å². The van der Waals surface area contributed by atoms with Crippen molar-refractivity contribution in [2.45, 2.75) is 100 Å². The standard InChI is InChI=1S/C13H29P.C3H8.CH4.CH3.ClH.Pd/c1-11(2,3)10-14(12(4,5)6)13(7,8)9;1-3-2;;;;/h10H2,1-9H3;3H2,1-2H3;1H4;1H3;1H;/q;;;-1;;+2. The SMILES string of the molecule is C.CC(C)(C)C[PH+](C(C)(C)C)C(C)(C)C.CCC.[CH3-].[Cl][Pd+]. The molecule has 0 atom stereocenters. The van der Waals surface area contributed by atoms with Crippen molar-refractivity contribution in [3.8, 4) is 0 Å². The third-order valence-electron chi connectivity index (χ3n) is 2.52. The molecule has 0 saturated heterocycles. The fourth-order valence-corrected chi connectivity index (χ4v) is 6.56. The van der Waals surface area contributed by atoms with E-state index in [1.54, 1.807) is 0 Å². The van der Waals surface area contributed by atoms with Gasteiger partial charge in [-0.3, -0.25) is 0 Å². The van der Waals surface area contributed by atoms with Crippen LogP contribution in [0.2, 0.25) is 0 Å². The van der Waals surface area contributed by atoms with Gasteiger partial charge in [-0.05, 0) is 47.0 Å². The van der Waals surface area contributed by atoms with E-state index in [-0.39, 0.29) is 22.8 Å². The summed E-state index contributed by atoms with van der Waals surface area (Å²) < 4.78 is 0. The van der Waals surface area contributed by atoms with Gasteiger partial charge in [0, 0.05) is 7.92 Å². The fraction of sp³-hybridized carbons (Fsp3) is 0.944. The zero-order valence-corrected chi connectivity index (χ0v) is 19.4. The van der Waals surface area contributed by atoms with Gasteiger partial charge in [-0.25, -0.2) is 0 Å². The second-order valence-electron chi connectivity index (χ2n) is 8.42. The first kappa shape index (κ1) is 33.9. The Morgan fingerprint density at radius 2 is 0.952 bits per heavy atom. The summed E-state index contributed by atoms with van der Waals surface area (Å²) in [6.07, 6.45) is 2.66. The van der Waals surface area contributed by atoms with Crippen LogP contribution in [0.3, 0.4) is 0 Å². The normalized spacial score (nSPS) is 11.2. The summed E-state index contributed by atoms with van der Waals surface area (Å²) in [6.45, 7) is 25.9. The molecule has 0 bridgehead atoms. The Hall–Kier alpha value is 1.38. The Morgan fingerprint density at radius 1 is 0.762 bits per heavy atom. The second kappa shape index (κ2) is 14.9. The van der Waals surface area contributed by atoms with Crippen LogP contribution in [0.1, 0.15) is 90.0 Å². The molecule has 21 heavy (non-hydrogen) atoms. The van der Waals surface area contributed by atoms with Gasteiger partial charge in [-0.15, -0.1) is 0 Å². The van der Waals surface area contributed by atoms with E-state index in [4.69, 9.17) is 0 Å². The number of hydrogen-bond acceptors (Lipinski definition) is 0. The van der Waals surface area contributed by atoms with Crippen LogP contribution in [0.5, 0.6) is 0 Å². The van der Waals surface area contributed by atoms with Gasteiger partial charge in [0.15, 0.2) is 0 Å². The molecule has 0 saturated carbocycles. The molecule has 0 rings (SSSR count). The van der Waals surface area contributed by atoms with Crippen LogP contribution in [-0.4, -0.2) is 16.5 Å². The van der Waals surface area contributed by atoms with Crippen molar-refractivity contribution in [2.75, 3.05) is 6.16 Å². The van der Waals surface area contributed by atoms with E-state index < -0.39 is 0 Å². The Bertz CT molecular complexity index is 183. The summed E-state index contributed by atoms with van der Waals surface area (Å²) in [6, 6.07) is 0. The Kier molecular flexibility index (Phi) is 24.1. The van der Waals surface area contributed by atoms with Gasteiger partial charge in [-0.1, -0.05) is 48.5 Å². The number of halogens is 1. The molecule has 138 valence electrons. The van der Waals surface area contributed by atoms with Crippen molar-refractivity contribution in [3.63, 3.8) is 0 Å². The third-order valence-corrected chi connectivity index (χ3v) is 7.55. The molecule has 0 nitrogen and oxygen atoms in total. The number of hydrogen-bond donors (Lipinski definition) is 0. The molecule has 0 fully saturated rings. The summed E-state index contributed by atoms with van der Waals surface area (Å²) >= 11 is 2.22. The summed E-state index contributed by atoms with van der Waals surface area (Å²) in [5.74, 6) is 0.